The molecule has 8 heteroatoms. The van der Waals surface area contributed by atoms with Crippen molar-refractivity contribution < 1.29 is 4.74 Å². The third kappa shape index (κ3) is 2.98. The third-order valence-corrected chi connectivity index (χ3v) is 4.55. The monoisotopic (exact) mass is 434 g/mol. The predicted molar refractivity (Wildman–Crippen MR) is 101 cm³/mol. The van der Waals surface area contributed by atoms with E-state index in [-0.39, 0.29) is 5.95 Å². The van der Waals surface area contributed by atoms with Crippen LogP contribution >= 0.6 is 22.6 Å². The molecule has 1 aliphatic rings. The van der Waals surface area contributed by atoms with Crippen LogP contribution in [-0.2, 0) is 4.74 Å². The van der Waals surface area contributed by atoms with Crippen molar-refractivity contribution >= 4 is 45.3 Å². The molecule has 0 unspecified atom stereocenters. The van der Waals surface area contributed by atoms with E-state index in [0.717, 1.165) is 38.9 Å². The summed E-state index contributed by atoms with van der Waals surface area (Å²) in [4.78, 5) is 19.8. The van der Waals surface area contributed by atoms with Gasteiger partial charge in [-0.15, -0.1) is 0 Å². The summed E-state index contributed by atoms with van der Waals surface area (Å²) in [7, 11) is 0. The standard InChI is InChI=1S/C16H15IN6O/c17-11-1-2-12-13(7-11)21-14(10-8-19-16(18)20-9-10)22-15(12)23-3-5-24-6-4-23/h1-2,7-9H,3-6H2,(H2,18,19,20). The predicted octanol–water partition coefficient (Wildman–Crippen LogP) is 2.11. The van der Waals surface area contributed by atoms with E-state index in [1.807, 2.05) is 0 Å². The normalized spacial score (nSPS) is 15.0. The van der Waals surface area contributed by atoms with Gasteiger partial charge in [-0.2, -0.15) is 0 Å². The Bertz CT molecular complexity index is 880. The molecule has 0 spiro atoms. The van der Waals surface area contributed by atoms with Crippen molar-refractivity contribution in [3.8, 4) is 11.4 Å². The zero-order valence-electron chi connectivity index (χ0n) is 12.8. The van der Waals surface area contributed by atoms with Crippen LogP contribution in [0.3, 0.4) is 0 Å². The lowest BCUT2D eigenvalue weighted by Crippen LogP contribution is -2.37. The minimum atomic E-state index is 0.238. The number of nitrogens with zero attached hydrogens (tertiary/aromatic N) is 5. The lowest BCUT2D eigenvalue weighted by atomic mass is 10.2. The first-order valence-electron chi connectivity index (χ1n) is 7.58. The Hall–Kier alpha value is -2.07. The van der Waals surface area contributed by atoms with Gasteiger partial charge in [-0.25, -0.2) is 19.9 Å². The van der Waals surface area contributed by atoms with Gasteiger partial charge in [0.15, 0.2) is 5.82 Å². The molecule has 1 fully saturated rings. The molecule has 1 aliphatic heterocycles. The largest absolute Gasteiger partial charge is 0.378 e. The van der Waals surface area contributed by atoms with Crippen molar-refractivity contribution in [2.75, 3.05) is 36.9 Å². The molecule has 1 saturated heterocycles. The summed E-state index contributed by atoms with van der Waals surface area (Å²) in [5.41, 5.74) is 7.23. The van der Waals surface area contributed by atoms with E-state index in [1.54, 1.807) is 12.4 Å². The molecular formula is C16H15IN6O. The number of fused-ring (bicyclic) bond motifs is 1. The summed E-state index contributed by atoms with van der Waals surface area (Å²) < 4.78 is 6.59. The van der Waals surface area contributed by atoms with Crippen LogP contribution in [0.2, 0.25) is 0 Å². The lowest BCUT2D eigenvalue weighted by molar-refractivity contribution is 0.122. The molecule has 0 atom stereocenters. The smallest absolute Gasteiger partial charge is 0.219 e. The summed E-state index contributed by atoms with van der Waals surface area (Å²) in [6, 6.07) is 6.20. The fraction of sp³-hybridized carbons (Fsp3) is 0.250. The van der Waals surface area contributed by atoms with Gasteiger partial charge < -0.3 is 15.4 Å². The summed E-state index contributed by atoms with van der Waals surface area (Å²) in [5.74, 6) is 1.76. The molecule has 7 nitrogen and oxygen atoms in total. The van der Waals surface area contributed by atoms with Crippen LogP contribution in [0.15, 0.2) is 30.6 Å². The maximum atomic E-state index is 5.58. The van der Waals surface area contributed by atoms with E-state index in [2.05, 4.69) is 55.7 Å². The van der Waals surface area contributed by atoms with Crippen molar-refractivity contribution in [3.05, 3.63) is 34.2 Å². The zero-order chi connectivity index (χ0) is 16.5. The summed E-state index contributed by atoms with van der Waals surface area (Å²) >= 11 is 2.29. The number of benzene rings is 1. The average molecular weight is 434 g/mol. The number of hydrogen-bond donors (Lipinski definition) is 1. The quantitative estimate of drug-likeness (QED) is 0.618. The number of nitrogen functional groups attached to an aromatic ring is 1. The van der Waals surface area contributed by atoms with Crippen molar-refractivity contribution in [2.24, 2.45) is 0 Å². The van der Waals surface area contributed by atoms with Crippen LogP contribution < -0.4 is 10.6 Å². The highest BCUT2D eigenvalue weighted by Crippen LogP contribution is 2.29. The Balaban J connectivity index is 1.89. The van der Waals surface area contributed by atoms with Crippen LogP contribution in [0.5, 0.6) is 0 Å². The Kier molecular flexibility index (Phi) is 4.15. The van der Waals surface area contributed by atoms with Crippen LogP contribution in [0.25, 0.3) is 22.3 Å². The molecule has 2 aromatic heterocycles. The summed E-state index contributed by atoms with van der Waals surface area (Å²) in [5, 5.41) is 1.04. The first-order chi connectivity index (χ1) is 11.7. The summed E-state index contributed by atoms with van der Waals surface area (Å²) in [6.07, 6.45) is 3.31. The van der Waals surface area contributed by atoms with Crippen LogP contribution in [0, 0.1) is 3.57 Å². The minimum Gasteiger partial charge on any atom is -0.378 e. The molecule has 0 amide bonds. The molecule has 2 N–H and O–H groups in total. The van der Waals surface area contributed by atoms with Crippen molar-refractivity contribution in [1.29, 1.82) is 0 Å². The second-order valence-electron chi connectivity index (χ2n) is 5.46. The van der Waals surface area contributed by atoms with Gasteiger partial charge in [0.2, 0.25) is 5.95 Å². The first-order valence-corrected chi connectivity index (χ1v) is 8.66. The summed E-state index contributed by atoms with van der Waals surface area (Å²) in [6.45, 7) is 3.04. The van der Waals surface area contributed by atoms with E-state index >= 15 is 0 Å². The van der Waals surface area contributed by atoms with Crippen LogP contribution in [-0.4, -0.2) is 46.2 Å². The molecule has 4 rings (SSSR count). The highest BCUT2D eigenvalue weighted by Gasteiger charge is 2.18. The fourth-order valence-electron chi connectivity index (χ4n) is 2.68. The second kappa shape index (κ2) is 6.44. The topological polar surface area (TPSA) is 90.0 Å². The number of hydrogen-bond acceptors (Lipinski definition) is 7. The van der Waals surface area contributed by atoms with Gasteiger partial charge in [0.1, 0.15) is 5.82 Å². The molecule has 0 radical (unpaired) electrons. The number of nitrogens with two attached hydrogens (primary N) is 1. The minimum absolute atomic E-state index is 0.238. The number of morpholine rings is 1. The average Bonchev–Trinajstić information content (AvgIpc) is 2.62. The molecule has 3 aromatic rings. The highest BCUT2D eigenvalue weighted by molar-refractivity contribution is 14.1. The van der Waals surface area contributed by atoms with Gasteiger partial charge in [0.25, 0.3) is 0 Å². The van der Waals surface area contributed by atoms with E-state index < -0.39 is 0 Å². The van der Waals surface area contributed by atoms with Crippen molar-refractivity contribution in [2.45, 2.75) is 0 Å². The van der Waals surface area contributed by atoms with Gasteiger partial charge in [-0.3, -0.25) is 0 Å². The van der Waals surface area contributed by atoms with Crippen LogP contribution in [0.1, 0.15) is 0 Å². The molecule has 24 heavy (non-hydrogen) atoms. The van der Waals surface area contributed by atoms with E-state index in [0.29, 0.717) is 19.0 Å². The first kappa shape index (κ1) is 15.5. The van der Waals surface area contributed by atoms with E-state index in [1.165, 1.54) is 0 Å². The number of aromatic nitrogens is 4. The number of rotatable bonds is 2. The van der Waals surface area contributed by atoms with Gasteiger partial charge in [-0.05, 0) is 40.8 Å². The van der Waals surface area contributed by atoms with E-state index in [4.69, 9.17) is 20.4 Å². The van der Waals surface area contributed by atoms with Crippen molar-refractivity contribution in [3.63, 3.8) is 0 Å². The van der Waals surface area contributed by atoms with Gasteiger partial charge in [0.05, 0.1) is 24.3 Å². The number of halogens is 1. The maximum absolute atomic E-state index is 5.58. The molecule has 1 aromatic carbocycles. The van der Waals surface area contributed by atoms with Crippen molar-refractivity contribution in [1.82, 2.24) is 19.9 Å². The molecule has 0 saturated carbocycles. The van der Waals surface area contributed by atoms with Gasteiger partial charge in [0, 0.05) is 34.4 Å². The SMILES string of the molecule is Nc1ncc(-c2nc(N3CCOCC3)c3ccc(I)cc3n2)cn1. The Morgan fingerprint density at radius 2 is 1.83 bits per heavy atom. The Morgan fingerprint density at radius 1 is 1.08 bits per heavy atom. The Morgan fingerprint density at radius 3 is 2.58 bits per heavy atom. The van der Waals surface area contributed by atoms with Gasteiger partial charge >= 0.3 is 0 Å². The zero-order valence-corrected chi connectivity index (χ0v) is 15.0. The Labute approximate surface area is 152 Å². The number of ether oxygens (including phenoxy) is 1. The highest BCUT2D eigenvalue weighted by atomic mass is 127. The third-order valence-electron chi connectivity index (χ3n) is 3.88. The molecule has 0 bridgehead atoms. The molecule has 0 aliphatic carbocycles. The lowest BCUT2D eigenvalue weighted by Gasteiger charge is -2.29. The maximum Gasteiger partial charge on any atom is 0.219 e. The number of anilines is 2. The fourth-order valence-corrected chi connectivity index (χ4v) is 3.16. The second-order valence-corrected chi connectivity index (χ2v) is 6.71. The van der Waals surface area contributed by atoms with E-state index in [9.17, 15) is 0 Å². The molecule has 122 valence electrons. The molecular weight excluding hydrogens is 419 g/mol. The van der Waals surface area contributed by atoms with Gasteiger partial charge in [-0.1, -0.05) is 0 Å². The molecule has 3 heterocycles. The van der Waals surface area contributed by atoms with Crippen LogP contribution in [0.4, 0.5) is 11.8 Å².